The predicted molar refractivity (Wildman–Crippen MR) is 109 cm³/mol. The number of hydrogen-bond donors (Lipinski definition) is 1. The molecule has 1 fully saturated rings. The van der Waals surface area contributed by atoms with Gasteiger partial charge < -0.3 is 20.0 Å². The molecule has 0 saturated carbocycles. The molecule has 0 unspecified atom stereocenters. The second-order valence-corrected chi connectivity index (χ2v) is 6.77. The summed E-state index contributed by atoms with van der Waals surface area (Å²) in [7, 11) is 5.78. The fourth-order valence-corrected chi connectivity index (χ4v) is 3.16. The Balaban J connectivity index is 1.55. The van der Waals surface area contributed by atoms with Gasteiger partial charge in [-0.3, -0.25) is 4.99 Å². The Morgan fingerprint density at radius 2 is 1.85 bits per heavy atom. The molecule has 1 aromatic heterocycles. The Hall–Kier alpha value is -2.83. The van der Waals surface area contributed by atoms with E-state index in [9.17, 15) is 4.39 Å². The number of aliphatic imine (C=N–C) groups is 1. The highest BCUT2D eigenvalue weighted by atomic mass is 19.1. The first-order valence-corrected chi connectivity index (χ1v) is 9.15. The third kappa shape index (κ3) is 4.87. The first-order chi connectivity index (χ1) is 13.1. The molecular weight excluding hydrogens is 343 g/mol. The summed E-state index contributed by atoms with van der Waals surface area (Å²) in [6.07, 6.45) is 1.83. The van der Waals surface area contributed by atoms with E-state index < -0.39 is 0 Å². The van der Waals surface area contributed by atoms with Crippen molar-refractivity contribution in [2.45, 2.75) is 6.54 Å². The van der Waals surface area contributed by atoms with Gasteiger partial charge in [-0.1, -0.05) is 0 Å². The Kier molecular flexibility index (Phi) is 6.11. The number of pyridine rings is 1. The lowest BCUT2D eigenvalue weighted by Gasteiger charge is -2.37. The van der Waals surface area contributed by atoms with Crippen molar-refractivity contribution < 1.29 is 4.39 Å². The van der Waals surface area contributed by atoms with Crippen molar-refractivity contribution in [3.63, 3.8) is 0 Å². The standard InChI is InChI=1S/C20H27FN6/c1-22-20(24-15-16-8-9-23-19(14-16)25(2)3)27-12-10-26(11-13-27)18-6-4-17(21)5-7-18/h4-9,14H,10-13,15H2,1-3H3,(H,22,24). The first-order valence-electron chi connectivity index (χ1n) is 9.15. The molecule has 6 nitrogen and oxygen atoms in total. The van der Waals surface area contributed by atoms with Gasteiger partial charge in [-0.2, -0.15) is 0 Å². The molecule has 0 radical (unpaired) electrons. The maximum Gasteiger partial charge on any atom is 0.194 e. The van der Waals surface area contributed by atoms with E-state index in [0.717, 1.165) is 43.6 Å². The molecule has 0 amide bonds. The van der Waals surface area contributed by atoms with Gasteiger partial charge in [0.1, 0.15) is 11.6 Å². The Morgan fingerprint density at radius 1 is 1.15 bits per heavy atom. The number of halogens is 1. The zero-order valence-electron chi connectivity index (χ0n) is 16.2. The molecule has 2 heterocycles. The molecule has 144 valence electrons. The SMILES string of the molecule is CN=C(NCc1ccnc(N(C)C)c1)N1CCN(c2ccc(F)cc2)CC1. The van der Waals surface area contributed by atoms with E-state index in [1.807, 2.05) is 50.4 Å². The predicted octanol–water partition coefficient (Wildman–Crippen LogP) is 2.18. The molecule has 0 aliphatic carbocycles. The van der Waals surface area contributed by atoms with Crippen molar-refractivity contribution in [1.29, 1.82) is 0 Å². The number of piperazine rings is 1. The van der Waals surface area contributed by atoms with E-state index in [-0.39, 0.29) is 5.82 Å². The average Bonchev–Trinajstić information content (AvgIpc) is 2.70. The van der Waals surface area contributed by atoms with Gasteiger partial charge in [-0.05, 0) is 42.0 Å². The Labute approximate surface area is 160 Å². The number of guanidine groups is 1. The molecule has 2 aromatic rings. The molecule has 1 aromatic carbocycles. The summed E-state index contributed by atoms with van der Waals surface area (Å²) in [5.41, 5.74) is 2.23. The van der Waals surface area contributed by atoms with Gasteiger partial charge in [0.25, 0.3) is 0 Å². The van der Waals surface area contributed by atoms with Crippen molar-refractivity contribution in [3.05, 3.63) is 54.0 Å². The Morgan fingerprint density at radius 3 is 2.48 bits per heavy atom. The molecule has 1 aliphatic heterocycles. The quantitative estimate of drug-likeness (QED) is 0.660. The number of rotatable bonds is 4. The lowest BCUT2D eigenvalue weighted by molar-refractivity contribution is 0.372. The van der Waals surface area contributed by atoms with Crippen molar-refractivity contribution in [2.24, 2.45) is 4.99 Å². The average molecular weight is 370 g/mol. The zero-order valence-corrected chi connectivity index (χ0v) is 16.2. The van der Waals surface area contributed by atoms with Crippen LogP contribution in [0.5, 0.6) is 0 Å². The molecular formula is C20H27FN6. The van der Waals surface area contributed by atoms with Crippen LogP contribution in [0.15, 0.2) is 47.6 Å². The number of nitrogens with one attached hydrogen (secondary N) is 1. The summed E-state index contributed by atoms with van der Waals surface area (Å²) in [6, 6.07) is 10.8. The molecule has 0 bridgehead atoms. The van der Waals surface area contributed by atoms with E-state index in [1.54, 1.807) is 0 Å². The van der Waals surface area contributed by atoms with Crippen LogP contribution in [0.1, 0.15) is 5.56 Å². The van der Waals surface area contributed by atoms with Crippen LogP contribution in [-0.2, 0) is 6.54 Å². The van der Waals surface area contributed by atoms with Crippen LogP contribution in [0.3, 0.4) is 0 Å². The number of nitrogens with zero attached hydrogens (tertiary/aromatic N) is 5. The van der Waals surface area contributed by atoms with Gasteiger partial charge in [0.15, 0.2) is 5.96 Å². The molecule has 1 aliphatic rings. The molecule has 3 rings (SSSR count). The number of aromatic nitrogens is 1. The van der Waals surface area contributed by atoms with Crippen LogP contribution < -0.4 is 15.1 Å². The second-order valence-electron chi connectivity index (χ2n) is 6.77. The Bertz CT molecular complexity index is 766. The molecule has 27 heavy (non-hydrogen) atoms. The monoisotopic (exact) mass is 370 g/mol. The van der Waals surface area contributed by atoms with E-state index >= 15 is 0 Å². The topological polar surface area (TPSA) is 47.0 Å². The van der Waals surface area contributed by atoms with Crippen molar-refractivity contribution in [1.82, 2.24) is 15.2 Å². The minimum Gasteiger partial charge on any atom is -0.368 e. The van der Waals surface area contributed by atoms with Crippen LogP contribution in [-0.4, -0.2) is 63.2 Å². The van der Waals surface area contributed by atoms with Gasteiger partial charge >= 0.3 is 0 Å². The van der Waals surface area contributed by atoms with Gasteiger partial charge in [0, 0.05) is 65.8 Å². The zero-order chi connectivity index (χ0) is 19.2. The minimum atomic E-state index is -0.199. The molecule has 7 heteroatoms. The fraction of sp³-hybridized carbons (Fsp3) is 0.400. The van der Waals surface area contributed by atoms with Crippen molar-refractivity contribution in [2.75, 3.05) is 57.1 Å². The number of anilines is 2. The molecule has 0 atom stereocenters. The lowest BCUT2D eigenvalue weighted by Crippen LogP contribution is -2.52. The summed E-state index contributed by atoms with van der Waals surface area (Å²) in [5.74, 6) is 1.64. The highest BCUT2D eigenvalue weighted by molar-refractivity contribution is 5.80. The van der Waals surface area contributed by atoms with Crippen LogP contribution in [0.25, 0.3) is 0 Å². The van der Waals surface area contributed by atoms with Crippen LogP contribution >= 0.6 is 0 Å². The fourth-order valence-electron chi connectivity index (χ4n) is 3.16. The largest absolute Gasteiger partial charge is 0.368 e. The van der Waals surface area contributed by atoms with Gasteiger partial charge in [-0.25, -0.2) is 9.37 Å². The molecule has 1 saturated heterocycles. The summed E-state index contributed by atoms with van der Waals surface area (Å²) in [6.45, 7) is 4.21. The van der Waals surface area contributed by atoms with Crippen molar-refractivity contribution in [3.8, 4) is 0 Å². The maximum atomic E-state index is 13.1. The second kappa shape index (κ2) is 8.70. The highest BCUT2D eigenvalue weighted by Gasteiger charge is 2.19. The van der Waals surface area contributed by atoms with E-state index in [1.165, 1.54) is 17.7 Å². The summed E-state index contributed by atoms with van der Waals surface area (Å²) < 4.78 is 13.1. The first kappa shape index (κ1) is 18.9. The van der Waals surface area contributed by atoms with Crippen LogP contribution in [0.4, 0.5) is 15.9 Å². The summed E-state index contributed by atoms with van der Waals surface area (Å²) >= 11 is 0. The van der Waals surface area contributed by atoms with Crippen LogP contribution in [0, 0.1) is 5.82 Å². The number of benzene rings is 1. The van der Waals surface area contributed by atoms with E-state index in [0.29, 0.717) is 6.54 Å². The van der Waals surface area contributed by atoms with Crippen molar-refractivity contribution >= 4 is 17.5 Å². The van der Waals surface area contributed by atoms with Crippen LogP contribution in [0.2, 0.25) is 0 Å². The third-order valence-corrected chi connectivity index (χ3v) is 4.70. The maximum absolute atomic E-state index is 13.1. The van der Waals surface area contributed by atoms with E-state index in [4.69, 9.17) is 0 Å². The van der Waals surface area contributed by atoms with Gasteiger partial charge in [-0.15, -0.1) is 0 Å². The van der Waals surface area contributed by atoms with Gasteiger partial charge in [0.2, 0.25) is 0 Å². The molecule has 1 N–H and O–H groups in total. The summed E-state index contributed by atoms with van der Waals surface area (Å²) in [4.78, 5) is 15.3. The normalized spacial score (nSPS) is 15.0. The lowest BCUT2D eigenvalue weighted by atomic mass is 10.2. The van der Waals surface area contributed by atoms with E-state index in [2.05, 4.69) is 31.2 Å². The highest BCUT2D eigenvalue weighted by Crippen LogP contribution is 2.17. The third-order valence-electron chi connectivity index (χ3n) is 4.70. The molecule has 0 spiro atoms. The minimum absolute atomic E-state index is 0.199. The smallest absolute Gasteiger partial charge is 0.194 e. The number of hydrogen-bond acceptors (Lipinski definition) is 4. The summed E-state index contributed by atoms with van der Waals surface area (Å²) in [5, 5.41) is 3.45. The van der Waals surface area contributed by atoms with Gasteiger partial charge in [0.05, 0.1) is 0 Å².